The Bertz CT molecular complexity index is 2890. The average molecular weight is 657 g/mol. The summed E-state index contributed by atoms with van der Waals surface area (Å²) >= 11 is 0. The van der Waals surface area contributed by atoms with Gasteiger partial charge in [-0.3, -0.25) is 9.59 Å². The second-order valence-corrected chi connectivity index (χ2v) is 14.2. The number of rotatable bonds is 2. The molecular weight excluding hydrogens is 624 g/mol. The van der Waals surface area contributed by atoms with Crippen LogP contribution in [0.4, 0.5) is 0 Å². The van der Waals surface area contributed by atoms with E-state index in [1.807, 2.05) is 0 Å². The topological polar surface area (TPSA) is 180 Å². The van der Waals surface area contributed by atoms with Crippen LogP contribution in [0, 0.1) is 13.8 Å². The SMILES string of the molecule is Cc1cc(=O)c2c(O)c3c(O)c(C4CCCCN4)c(O)c4c5c(O)c(C6CCCN6)c(O)c6c(=O)c7c(O)cc(C)c8c1c2c(c34)c(c65)c78. The molecule has 0 radical (unpaired) electrons. The molecule has 2 unspecified atom stereocenters. The van der Waals surface area contributed by atoms with Crippen molar-refractivity contribution in [3.63, 3.8) is 0 Å². The molecule has 0 spiro atoms. The number of fused-ring (bicyclic) bond motifs is 2. The predicted molar refractivity (Wildman–Crippen MR) is 190 cm³/mol. The number of nitrogens with one attached hydrogen (secondary N) is 2. The summed E-state index contributed by atoms with van der Waals surface area (Å²) < 4.78 is 0. The van der Waals surface area contributed by atoms with E-state index >= 15 is 0 Å². The number of aromatic hydroxyl groups is 6. The molecule has 8 aromatic rings. The summed E-state index contributed by atoms with van der Waals surface area (Å²) in [4.78, 5) is 28.7. The highest BCUT2D eigenvalue weighted by atomic mass is 16.3. The van der Waals surface area contributed by atoms with E-state index in [-0.39, 0.29) is 77.2 Å². The third-order valence-electron chi connectivity index (χ3n) is 11.7. The van der Waals surface area contributed by atoms with Gasteiger partial charge in [0.25, 0.3) is 0 Å². The maximum absolute atomic E-state index is 14.8. The van der Waals surface area contributed by atoms with Gasteiger partial charge in [0.05, 0.1) is 32.7 Å². The smallest absolute Gasteiger partial charge is 0.201 e. The number of piperidine rings is 1. The van der Waals surface area contributed by atoms with Gasteiger partial charge in [-0.05, 0) is 86.7 Å². The van der Waals surface area contributed by atoms with Crippen molar-refractivity contribution in [2.45, 2.75) is 58.0 Å². The lowest BCUT2D eigenvalue weighted by Gasteiger charge is -2.30. The first-order chi connectivity index (χ1) is 23.5. The summed E-state index contributed by atoms with van der Waals surface area (Å²) in [5.41, 5.74) is 0.334. The van der Waals surface area contributed by atoms with Crippen molar-refractivity contribution >= 4 is 75.4 Å². The molecule has 246 valence electrons. The molecule has 49 heavy (non-hydrogen) atoms. The number of phenols is 6. The number of hydrogen-bond donors (Lipinski definition) is 8. The minimum absolute atomic E-state index is 0.0214. The van der Waals surface area contributed by atoms with Crippen LogP contribution in [-0.4, -0.2) is 43.7 Å². The third-order valence-corrected chi connectivity index (χ3v) is 11.7. The van der Waals surface area contributed by atoms with Gasteiger partial charge in [0.2, 0.25) is 5.43 Å². The third kappa shape index (κ3) is 3.15. The largest absolute Gasteiger partial charge is 0.507 e. The highest BCUT2D eigenvalue weighted by Crippen LogP contribution is 2.61. The van der Waals surface area contributed by atoms with Crippen molar-refractivity contribution in [2.24, 2.45) is 0 Å². The van der Waals surface area contributed by atoms with Gasteiger partial charge in [0, 0.05) is 55.2 Å². The first kappa shape index (κ1) is 28.7. The molecule has 0 aromatic heterocycles. The lowest BCUT2D eigenvalue weighted by atomic mass is 9.76. The molecule has 2 heterocycles. The summed E-state index contributed by atoms with van der Waals surface area (Å²) in [6.45, 7) is 4.82. The molecule has 2 aliphatic rings. The van der Waals surface area contributed by atoms with Crippen LogP contribution < -0.4 is 21.5 Å². The summed E-state index contributed by atoms with van der Waals surface area (Å²) in [5.74, 6) is -2.16. The molecule has 2 saturated heterocycles. The van der Waals surface area contributed by atoms with E-state index in [1.165, 1.54) is 12.1 Å². The van der Waals surface area contributed by atoms with Crippen molar-refractivity contribution in [1.29, 1.82) is 0 Å². The first-order valence-electron chi connectivity index (χ1n) is 16.8. The standard InChI is InChI=1S/C39H32N2O8/c1-12-10-16(42)22-24-18(12)19-13(2)11-17(43)23-25(19)27-26(24)28-30(34(44)20(14-6-3-4-8-40-14)36(46)32(28)38(22)48)31-29(27)33(39(23)49)37(47)21(35(31)45)15-7-5-9-41-15/h10-11,14-15,40-41,43-48H,3-9H2,1-2H3. The van der Waals surface area contributed by atoms with Crippen molar-refractivity contribution in [3.05, 3.63) is 54.8 Å². The van der Waals surface area contributed by atoms with E-state index < -0.39 is 34.4 Å². The quantitative estimate of drug-likeness (QED) is 0.0775. The van der Waals surface area contributed by atoms with Gasteiger partial charge in [-0.25, -0.2) is 0 Å². The normalized spacial score (nSPS) is 19.1. The molecule has 0 saturated carbocycles. The maximum atomic E-state index is 14.8. The Hall–Kier alpha value is -5.32. The minimum atomic E-state index is -0.630. The predicted octanol–water partition coefficient (Wildman–Crippen LogP) is 6.32. The fourth-order valence-corrected chi connectivity index (χ4v) is 9.81. The van der Waals surface area contributed by atoms with Crippen LogP contribution in [0.5, 0.6) is 34.5 Å². The second-order valence-electron chi connectivity index (χ2n) is 14.2. The number of phenolic OH excluding ortho intramolecular Hbond substituents is 6. The molecule has 8 aromatic carbocycles. The van der Waals surface area contributed by atoms with E-state index in [0.29, 0.717) is 69.4 Å². The minimum Gasteiger partial charge on any atom is -0.507 e. The van der Waals surface area contributed by atoms with Crippen molar-refractivity contribution in [1.82, 2.24) is 10.6 Å². The molecule has 10 nitrogen and oxygen atoms in total. The van der Waals surface area contributed by atoms with E-state index in [0.717, 1.165) is 19.3 Å². The second kappa shape index (κ2) is 9.22. The van der Waals surface area contributed by atoms with Crippen molar-refractivity contribution in [3.8, 4) is 34.5 Å². The molecular formula is C39H32N2O8. The van der Waals surface area contributed by atoms with Gasteiger partial charge in [0.15, 0.2) is 5.43 Å². The summed E-state index contributed by atoms with van der Waals surface area (Å²) in [6, 6.07) is 1.90. The van der Waals surface area contributed by atoms with Crippen LogP contribution in [0.3, 0.4) is 0 Å². The van der Waals surface area contributed by atoms with Gasteiger partial charge in [0.1, 0.15) is 34.5 Å². The summed E-state index contributed by atoms with van der Waals surface area (Å²) in [7, 11) is 0. The Morgan fingerprint density at radius 3 is 1.55 bits per heavy atom. The Morgan fingerprint density at radius 1 is 0.490 bits per heavy atom. The molecule has 2 aliphatic heterocycles. The number of aryl methyl sites for hydroxylation is 2. The molecule has 2 atom stereocenters. The van der Waals surface area contributed by atoms with E-state index in [1.54, 1.807) is 13.8 Å². The van der Waals surface area contributed by atoms with Gasteiger partial charge in [-0.1, -0.05) is 6.42 Å². The summed E-state index contributed by atoms with van der Waals surface area (Å²) in [5, 5.41) is 82.3. The van der Waals surface area contributed by atoms with E-state index in [9.17, 15) is 40.2 Å². The molecule has 10 heteroatoms. The van der Waals surface area contributed by atoms with Gasteiger partial charge in [-0.15, -0.1) is 0 Å². The average Bonchev–Trinajstić information content (AvgIpc) is 3.59. The zero-order valence-corrected chi connectivity index (χ0v) is 26.8. The molecule has 0 amide bonds. The number of hydrogen-bond acceptors (Lipinski definition) is 10. The molecule has 8 N–H and O–H groups in total. The lowest BCUT2D eigenvalue weighted by Crippen LogP contribution is -2.27. The Morgan fingerprint density at radius 2 is 0.959 bits per heavy atom. The van der Waals surface area contributed by atoms with Gasteiger partial charge >= 0.3 is 0 Å². The molecule has 10 rings (SSSR count). The first-order valence-corrected chi connectivity index (χ1v) is 16.8. The number of benzene rings is 8. The van der Waals surface area contributed by atoms with Crippen LogP contribution in [0.25, 0.3) is 75.4 Å². The van der Waals surface area contributed by atoms with Crippen LogP contribution in [0.15, 0.2) is 21.7 Å². The monoisotopic (exact) mass is 656 g/mol. The highest BCUT2D eigenvalue weighted by Gasteiger charge is 2.38. The molecule has 0 bridgehead atoms. The van der Waals surface area contributed by atoms with E-state index in [2.05, 4.69) is 10.6 Å². The zero-order valence-electron chi connectivity index (χ0n) is 26.8. The maximum Gasteiger partial charge on any atom is 0.201 e. The van der Waals surface area contributed by atoms with Crippen LogP contribution in [0.2, 0.25) is 0 Å². The highest BCUT2D eigenvalue weighted by molar-refractivity contribution is 6.51. The zero-order chi connectivity index (χ0) is 33.9. The summed E-state index contributed by atoms with van der Waals surface area (Å²) in [6.07, 6.45) is 3.63. The van der Waals surface area contributed by atoms with Crippen LogP contribution >= 0.6 is 0 Å². The van der Waals surface area contributed by atoms with Crippen LogP contribution in [0.1, 0.15) is 66.4 Å². The fourth-order valence-electron chi connectivity index (χ4n) is 9.81. The van der Waals surface area contributed by atoms with Crippen molar-refractivity contribution < 1.29 is 30.6 Å². The fraction of sp³-hybridized carbons (Fsp3) is 0.282. The van der Waals surface area contributed by atoms with E-state index in [4.69, 9.17) is 0 Å². The molecule has 0 aliphatic carbocycles. The van der Waals surface area contributed by atoms with Crippen LogP contribution in [-0.2, 0) is 0 Å². The Kier molecular flexibility index (Phi) is 5.39. The van der Waals surface area contributed by atoms with Gasteiger partial charge < -0.3 is 41.3 Å². The lowest BCUT2D eigenvalue weighted by molar-refractivity contribution is 0.373. The van der Waals surface area contributed by atoms with Crippen molar-refractivity contribution in [2.75, 3.05) is 13.1 Å². The molecule has 2 fully saturated rings. The Labute approximate surface area is 276 Å². The van der Waals surface area contributed by atoms with Gasteiger partial charge in [-0.2, -0.15) is 0 Å². The Balaban J connectivity index is 1.66.